The average Bonchev–Trinajstić information content (AvgIpc) is 2.17. The fourth-order valence-electron chi connectivity index (χ4n) is 0.973. The Morgan fingerprint density at radius 3 is 2.53 bits per heavy atom. The minimum Gasteiger partial charge on any atom is -0.477 e. The Hall–Kier alpha value is -1.49. The Morgan fingerprint density at radius 1 is 1.47 bits per heavy atom. The SMILES string of the molecule is CN(C)C(C)(C)c1nccc(C(=O)O)n1. The molecule has 1 N–H and O–H groups in total. The Morgan fingerprint density at radius 2 is 2.07 bits per heavy atom. The van der Waals surface area contributed by atoms with Crippen molar-refractivity contribution in [1.82, 2.24) is 14.9 Å². The van der Waals surface area contributed by atoms with E-state index in [0.29, 0.717) is 5.82 Å². The summed E-state index contributed by atoms with van der Waals surface area (Å²) in [6.45, 7) is 3.88. The summed E-state index contributed by atoms with van der Waals surface area (Å²) in [5.41, 5.74) is -0.360. The van der Waals surface area contributed by atoms with E-state index in [1.165, 1.54) is 12.3 Å². The van der Waals surface area contributed by atoms with E-state index in [-0.39, 0.29) is 11.2 Å². The first kappa shape index (κ1) is 11.6. The maximum absolute atomic E-state index is 10.7. The summed E-state index contributed by atoms with van der Waals surface area (Å²) in [7, 11) is 3.80. The summed E-state index contributed by atoms with van der Waals surface area (Å²) in [4.78, 5) is 20.8. The third kappa shape index (κ3) is 2.30. The molecule has 1 aromatic heterocycles. The van der Waals surface area contributed by atoms with Gasteiger partial charge in [-0.05, 0) is 34.0 Å². The number of carbonyl (C=O) groups is 1. The zero-order valence-electron chi connectivity index (χ0n) is 9.35. The lowest BCUT2D eigenvalue weighted by molar-refractivity contribution is 0.0688. The second-order valence-electron chi connectivity index (χ2n) is 4.02. The zero-order chi connectivity index (χ0) is 11.6. The second-order valence-corrected chi connectivity index (χ2v) is 4.02. The highest BCUT2D eigenvalue weighted by molar-refractivity contribution is 5.85. The molecule has 0 spiro atoms. The van der Waals surface area contributed by atoms with E-state index in [4.69, 9.17) is 5.11 Å². The maximum atomic E-state index is 10.7. The molecule has 15 heavy (non-hydrogen) atoms. The molecule has 0 bridgehead atoms. The monoisotopic (exact) mass is 209 g/mol. The lowest BCUT2D eigenvalue weighted by Gasteiger charge is -2.30. The van der Waals surface area contributed by atoms with Gasteiger partial charge in [0.05, 0.1) is 5.54 Å². The van der Waals surface area contributed by atoms with Crippen molar-refractivity contribution in [3.8, 4) is 0 Å². The van der Waals surface area contributed by atoms with Crippen molar-refractivity contribution in [1.29, 1.82) is 0 Å². The molecular weight excluding hydrogens is 194 g/mol. The molecule has 0 aliphatic carbocycles. The van der Waals surface area contributed by atoms with Gasteiger partial charge in [0.25, 0.3) is 0 Å². The molecule has 0 amide bonds. The van der Waals surface area contributed by atoms with Gasteiger partial charge in [-0.25, -0.2) is 14.8 Å². The van der Waals surface area contributed by atoms with Gasteiger partial charge >= 0.3 is 5.97 Å². The van der Waals surface area contributed by atoms with E-state index in [0.717, 1.165) is 0 Å². The third-order valence-electron chi connectivity index (χ3n) is 2.54. The van der Waals surface area contributed by atoms with Crippen molar-refractivity contribution >= 4 is 5.97 Å². The van der Waals surface area contributed by atoms with Crippen molar-refractivity contribution in [2.75, 3.05) is 14.1 Å². The Kier molecular flexibility index (Phi) is 3.04. The molecule has 1 rings (SSSR count). The van der Waals surface area contributed by atoms with Crippen molar-refractivity contribution in [3.05, 3.63) is 23.8 Å². The molecule has 0 aliphatic rings. The van der Waals surface area contributed by atoms with Gasteiger partial charge in [-0.15, -0.1) is 0 Å². The van der Waals surface area contributed by atoms with Crippen LogP contribution in [0, 0.1) is 0 Å². The molecule has 0 radical (unpaired) electrons. The van der Waals surface area contributed by atoms with Crippen LogP contribution in [0.15, 0.2) is 12.3 Å². The van der Waals surface area contributed by atoms with Gasteiger partial charge in [-0.2, -0.15) is 0 Å². The van der Waals surface area contributed by atoms with Crippen molar-refractivity contribution in [3.63, 3.8) is 0 Å². The number of carboxylic acid groups (broad SMARTS) is 1. The molecule has 1 aromatic rings. The summed E-state index contributed by atoms with van der Waals surface area (Å²) < 4.78 is 0. The summed E-state index contributed by atoms with van der Waals surface area (Å²) in [5.74, 6) is -0.527. The number of aromatic carboxylic acids is 1. The first-order valence-corrected chi connectivity index (χ1v) is 4.60. The van der Waals surface area contributed by atoms with E-state index in [2.05, 4.69) is 9.97 Å². The molecule has 0 aliphatic heterocycles. The fourth-order valence-corrected chi connectivity index (χ4v) is 0.973. The van der Waals surface area contributed by atoms with Crippen molar-refractivity contribution < 1.29 is 9.90 Å². The maximum Gasteiger partial charge on any atom is 0.354 e. The Bertz CT molecular complexity index is 375. The van der Waals surface area contributed by atoms with E-state index >= 15 is 0 Å². The predicted molar refractivity (Wildman–Crippen MR) is 55.7 cm³/mol. The van der Waals surface area contributed by atoms with Crippen LogP contribution >= 0.6 is 0 Å². The molecule has 0 atom stereocenters. The van der Waals surface area contributed by atoms with Crippen LogP contribution in [0.4, 0.5) is 0 Å². The van der Waals surface area contributed by atoms with E-state index in [9.17, 15) is 4.79 Å². The number of hydrogen-bond donors (Lipinski definition) is 1. The molecule has 0 saturated carbocycles. The van der Waals surface area contributed by atoms with Crippen LogP contribution in [0.25, 0.3) is 0 Å². The highest BCUT2D eigenvalue weighted by Crippen LogP contribution is 2.21. The van der Waals surface area contributed by atoms with Crippen LogP contribution in [0.2, 0.25) is 0 Å². The molecule has 82 valence electrons. The lowest BCUT2D eigenvalue weighted by Crippen LogP contribution is -2.37. The Balaban J connectivity index is 3.16. The molecule has 0 saturated heterocycles. The van der Waals surface area contributed by atoms with Crippen LogP contribution in [0.5, 0.6) is 0 Å². The standard InChI is InChI=1S/C10H15N3O2/c1-10(2,13(3)4)9-11-6-5-7(12-9)8(14)15/h5-6H,1-4H3,(H,14,15). The number of carboxylic acids is 1. The van der Waals surface area contributed by atoms with Gasteiger partial charge in [0.2, 0.25) is 0 Å². The number of aromatic nitrogens is 2. The summed E-state index contributed by atoms with van der Waals surface area (Å²) >= 11 is 0. The predicted octanol–water partition coefficient (Wildman–Crippen LogP) is 0.972. The minimum absolute atomic E-state index is 0.0231. The number of hydrogen-bond acceptors (Lipinski definition) is 4. The van der Waals surface area contributed by atoms with Gasteiger partial charge in [0.15, 0.2) is 5.69 Å². The van der Waals surface area contributed by atoms with Gasteiger partial charge in [0, 0.05) is 6.20 Å². The fraction of sp³-hybridized carbons (Fsp3) is 0.500. The molecule has 0 unspecified atom stereocenters. The van der Waals surface area contributed by atoms with Crippen molar-refractivity contribution in [2.45, 2.75) is 19.4 Å². The van der Waals surface area contributed by atoms with Crippen LogP contribution in [-0.2, 0) is 5.54 Å². The first-order valence-electron chi connectivity index (χ1n) is 4.60. The quantitative estimate of drug-likeness (QED) is 0.803. The van der Waals surface area contributed by atoms with Crippen LogP contribution < -0.4 is 0 Å². The van der Waals surface area contributed by atoms with Crippen LogP contribution in [-0.4, -0.2) is 40.0 Å². The number of nitrogens with zero attached hydrogens (tertiary/aromatic N) is 3. The second kappa shape index (κ2) is 3.94. The lowest BCUT2D eigenvalue weighted by atomic mass is 10.0. The molecule has 1 heterocycles. The van der Waals surface area contributed by atoms with E-state index in [1.807, 2.05) is 32.8 Å². The van der Waals surface area contributed by atoms with Gasteiger partial charge in [-0.1, -0.05) is 0 Å². The van der Waals surface area contributed by atoms with Crippen LogP contribution in [0.1, 0.15) is 30.2 Å². The topological polar surface area (TPSA) is 66.3 Å². The third-order valence-corrected chi connectivity index (χ3v) is 2.54. The number of rotatable bonds is 3. The normalized spacial score (nSPS) is 11.8. The molecule has 0 aromatic carbocycles. The summed E-state index contributed by atoms with van der Waals surface area (Å²) in [6, 6.07) is 1.39. The van der Waals surface area contributed by atoms with Crippen molar-refractivity contribution in [2.24, 2.45) is 0 Å². The molecule has 0 fully saturated rings. The Labute approximate surface area is 88.8 Å². The molecular formula is C10H15N3O2. The van der Waals surface area contributed by atoms with Gasteiger partial charge < -0.3 is 5.11 Å². The minimum atomic E-state index is -1.03. The van der Waals surface area contributed by atoms with Crippen LogP contribution in [0.3, 0.4) is 0 Å². The smallest absolute Gasteiger partial charge is 0.354 e. The van der Waals surface area contributed by atoms with Gasteiger partial charge in [-0.3, -0.25) is 4.90 Å². The molecule has 5 heteroatoms. The zero-order valence-corrected chi connectivity index (χ0v) is 9.35. The average molecular weight is 209 g/mol. The highest BCUT2D eigenvalue weighted by atomic mass is 16.4. The van der Waals surface area contributed by atoms with Gasteiger partial charge in [0.1, 0.15) is 5.82 Å². The van der Waals surface area contributed by atoms with E-state index in [1.54, 1.807) is 0 Å². The summed E-state index contributed by atoms with van der Waals surface area (Å²) in [6.07, 6.45) is 1.47. The first-order chi connectivity index (χ1) is 6.85. The van der Waals surface area contributed by atoms with E-state index < -0.39 is 5.97 Å². The largest absolute Gasteiger partial charge is 0.477 e. The summed E-state index contributed by atoms with van der Waals surface area (Å²) in [5, 5.41) is 8.81. The highest BCUT2D eigenvalue weighted by Gasteiger charge is 2.27. The molecule has 5 nitrogen and oxygen atoms in total.